The van der Waals surface area contributed by atoms with Crippen LogP contribution in [0.3, 0.4) is 0 Å². The summed E-state index contributed by atoms with van der Waals surface area (Å²) in [4.78, 5) is 3.97. The van der Waals surface area contributed by atoms with Crippen LogP contribution in [0, 0.1) is 11.6 Å². The minimum Gasteiger partial charge on any atom is -0.384 e. The van der Waals surface area contributed by atoms with Crippen molar-refractivity contribution in [3.8, 4) is 0 Å². The quantitative estimate of drug-likeness (QED) is 0.907. The molecule has 2 rings (SSSR count). The van der Waals surface area contributed by atoms with Crippen LogP contribution in [0.15, 0.2) is 36.7 Å². The van der Waals surface area contributed by atoms with Crippen molar-refractivity contribution >= 4 is 0 Å². The van der Waals surface area contributed by atoms with E-state index in [0.717, 1.165) is 23.8 Å². The van der Waals surface area contributed by atoms with Gasteiger partial charge in [0.25, 0.3) is 0 Å². The zero-order valence-corrected chi connectivity index (χ0v) is 9.90. The van der Waals surface area contributed by atoms with Crippen molar-refractivity contribution in [1.29, 1.82) is 0 Å². The maximum atomic E-state index is 13.1. The maximum Gasteiger partial charge on any atom is 0.126 e. The number of benzene rings is 1. The lowest BCUT2D eigenvalue weighted by Crippen LogP contribution is -2.05. The molecule has 4 heteroatoms. The average Bonchev–Trinajstić information content (AvgIpc) is 2.36. The second kappa shape index (κ2) is 5.23. The van der Waals surface area contributed by atoms with Crippen LogP contribution < -0.4 is 0 Å². The Balaban J connectivity index is 2.44. The number of pyridine rings is 1. The smallest absolute Gasteiger partial charge is 0.126 e. The number of hydrogen-bond acceptors (Lipinski definition) is 2. The molecule has 18 heavy (non-hydrogen) atoms. The third-order valence-electron chi connectivity index (χ3n) is 2.82. The molecule has 1 aromatic heterocycles. The van der Waals surface area contributed by atoms with Crippen LogP contribution in [0.25, 0.3) is 0 Å². The molecular weight excluding hydrogens is 236 g/mol. The zero-order valence-electron chi connectivity index (χ0n) is 9.90. The van der Waals surface area contributed by atoms with Crippen LogP contribution in [-0.2, 0) is 6.42 Å². The molecule has 0 saturated carbocycles. The fourth-order valence-corrected chi connectivity index (χ4v) is 1.91. The largest absolute Gasteiger partial charge is 0.384 e. The molecule has 2 nitrogen and oxygen atoms in total. The van der Waals surface area contributed by atoms with E-state index < -0.39 is 17.7 Å². The topological polar surface area (TPSA) is 33.1 Å². The van der Waals surface area contributed by atoms with Gasteiger partial charge < -0.3 is 5.11 Å². The number of rotatable bonds is 3. The minimum atomic E-state index is -1.05. The molecule has 0 amide bonds. The molecule has 1 atom stereocenters. The summed E-state index contributed by atoms with van der Waals surface area (Å²) >= 11 is 0. The van der Waals surface area contributed by atoms with Crippen LogP contribution >= 0.6 is 0 Å². The number of aliphatic hydroxyl groups excluding tert-OH is 1. The lowest BCUT2D eigenvalue weighted by atomic mass is 9.97. The van der Waals surface area contributed by atoms with Crippen molar-refractivity contribution < 1.29 is 13.9 Å². The second-order valence-electron chi connectivity index (χ2n) is 4.03. The van der Waals surface area contributed by atoms with E-state index in [1.165, 1.54) is 0 Å². The summed E-state index contributed by atoms with van der Waals surface area (Å²) in [6.07, 6.45) is 2.84. The SMILES string of the molecule is CCc1cnccc1C(O)c1cc(F)cc(F)c1. The van der Waals surface area contributed by atoms with E-state index in [0.29, 0.717) is 12.0 Å². The highest BCUT2D eigenvalue weighted by Crippen LogP contribution is 2.25. The molecule has 0 bridgehead atoms. The molecule has 94 valence electrons. The van der Waals surface area contributed by atoms with E-state index in [1.54, 1.807) is 18.5 Å². The highest BCUT2D eigenvalue weighted by atomic mass is 19.1. The number of aromatic nitrogens is 1. The summed E-state index contributed by atoms with van der Waals surface area (Å²) in [6.45, 7) is 1.93. The number of hydrogen-bond donors (Lipinski definition) is 1. The number of aryl methyl sites for hydroxylation is 1. The van der Waals surface area contributed by atoms with Gasteiger partial charge in [-0.25, -0.2) is 8.78 Å². The third-order valence-corrected chi connectivity index (χ3v) is 2.82. The van der Waals surface area contributed by atoms with Crippen LogP contribution in [0.5, 0.6) is 0 Å². The van der Waals surface area contributed by atoms with Crippen molar-refractivity contribution in [2.24, 2.45) is 0 Å². The van der Waals surface area contributed by atoms with Crippen LogP contribution in [-0.4, -0.2) is 10.1 Å². The monoisotopic (exact) mass is 249 g/mol. The van der Waals surface area contributed by atoms with Gasteiger partial charge in [0, 0.05) is 18.5 Å². The van der Waals surface area contributed by atoms with Gasteiger partial charge in [-0.3, -0.25) is 4.98 Å². The van der Waals surface area contributed by atoms with E-state index in [1.807, 2.05) is 6.92 Å². The first-order chi connectivity index (χ1) is 8.61. The van der Waals surface area contributed by atoms with E-state index in [-0.39, 0.29) is 5.56 Å². The molecule has 0 aliphatic heterocycles. The number of halogens is 2. The van der Waals surface area contributed by atoms with Gasteiger partial charge >= 0.3 is 0 Å². The predicted molar refractivity (Wildman–Crippen MR) is 64.0 cm³/mol. The summed E-state index contributed by atoms with van der Waals surface area (Å²) in [6, 6.07) is 4.71. The van der Waals surface area contributed by atoms with Gasteiger partial charge in [0.1, 0.15) is 17.7 Å². The first-order valence-corrected chi connectivity index (χ1v) is 5.68. The Bertz CT molecular complexity index is 537. The maximum absolute atomic E-state index is 13.1. The van der Waals surface area contributed by atoms with E-state index in [9.17, 15) is 13.9 Å². The lowest BCUT2D eigenvalue weighted by Gasteiger charge is -2.15. The summed E-state index contributed by atoms with van der Waals surface area (Å²) in [7, 11) is 0. The van der Waals surface area contributed by atoms with E-state index in [2.05, 4.69) is 4.98 Å². The Morgan fingerprint density at radius 3 is 2.50 bits per heavy atom. The van der Waals surface area contributed by atoms with Crippen LogP contribution in [0.4, 0.5) is 8.78 Å². The molecule has 1 heterocycles. The predicted octanol–water partition coefficient (Wildman–Crippen LogP) is 3.00. The molecule has 0 saturated heterocycles. The zero-order chi connectivity index (χ0) is 13.1. The molecule has 1 unspecified atom stereocenters. The van der Waals surface area contributed by atoms with Gasteiger partial charge in [-0.05, 0) is 41.3 Å². The molecule has 0 spiro atoms. The van der Waals surface area contributed by atoms with Gasteiger partial charge in [0.15, 0.2) is 0 Å². The van der Waals surface area contributed by atoms with Crippen molar-refractivity contribution in [2.45, 2.75) is 19.4 Å². The third kappa shape index (κ3) is 2.54. The number of nitrogens with zero attached hydrogens (tertiary/aromatic N) is 1. The first kappa shape index (κ1) is 12.6. The Morgan fingerprint density at radius 2 is 1.89 bits per heavy atom. The van der Waals surface area contributed by atoms with Gasteiger partial charge in [0.2, 0.25) is 0 Å². The van der Waals surface area contributed by atoms with Gasteiger partial charge in [-0.15, -0.1) is 0 Å². The molecule has 1 aromatic carbocycles. The number of aliphatic hydroxyl groups is 1. The van der Waals surface area contributed by atoms with E-state index in [4.69, 9.17) is 0 Å². The van der Waals surface area contributed by atoms with Crippen molar-refractivity contribution in [2.75, 3.05) is 0 Å². The summed E-state index contributed by atoms with van der Waals surface area (Å²) < 4.78 is 26.2. The van der Waals surface area contributed by atoms with Crippen molar-refractivity contribution in [3.05, 3.63) is 65.0 Å². The summed E-state index contributed by atoms with van der Waals surface area (Å²) in [5, 5.41) is 10.2. The fraction of sp³-hybridized carbons (Fsp3) is 0.214. The van der Waals surface area contributed by atoms with Crippen LogP contribution in [0.2, 0.25) is 0 Å². The highest BCUT2D eigenvalue weighted by Gasteiger charge is 2.15. The van der Waals surface area contributed by atoms with Gasteiger partial charge in [0.05, 0.1) is 0 Å². The minimum absolute atomic E-state index is 0.202. The molecule has 1 N–H and O–H groups in total. The Kier molecular flexibility index (Phi) is 3.67. The normalized spacial score (nSPS) is 12.4. The van der Waals surface area contributed by atoms with E-state index >= 15 is 0 Å². The molecule has 0 aliphatic carbocycles. The summed E-state index contributed by atoms with van der Waals surface area (Å²) in [5.74, 6) is -1.40. The average molecular weight is 249 g/mol. The fourth-order valence-electron chi connectivity index (χ4n) is 1.91. The molecule has 2 aromatic rings. The van der Waals surface area contributed by atoms with Gasteiger partial charge in [-0.1, -0.05) is 6.92 Å². The van der Waals surface area contributed by atoms with Crippen LogP contribution in [0.1, 0.15) is 29.7 Å². The highest BCUT2D eigenvalue weighted by molar-refractivity contribution is 5.34. The Labute approximate surface area is 104 Å². The van der Waals surface area contributed by atoms with Gasteiger partial charge in [-0.2, -0.15) is 0 Å². The standard InChI is InChI=1S/C14H13F2NO/c1-2-9-8-17-4-3-13(9)14(18)10-5-11(15)7-12(16)6-10/h3-8,14,18H,2H2,1H3. The second-order valence-corrected chi connectivity index (χ2v) is 4.03. The molecular formula is C14H13F2NO. The van der Waals surface area contributed by atoms with Crippen molar-refractivity contribution in [1.82, 2.24) is 4.98 Å². The Hall–Kier alpha value is -1.81. The molecule has 0 aliphatic rings. The Morgan fingerprint density at radius 1 is 1.22 bits per heavy atom. The molecule has 0 fully saturated rings. The molecule has 0 radical (unpaired) electrons. The summed E-state index contributed by atoms with van der Waals surface area (Å²) in [5.41, 5.74) is 1.68. The lowest BCUT2D eigenvalue weighted by molar-refractivity contribution is 0.218. The first-order valence-electron chi connectivity index (χ1n) is 5.68. The van der Waals surface area contributed by atoms with Crippen molar-refractivity contribution in [3.63, 3.8) is 0 Å².